The fourth-order valence-corrected chi connectivity index (χ4v) is 5.46. The summed E-state index contributed by atoms with van der Waals surface area (Å²) in [6.45, 7) is 12.8. The zero-order valence-corrected chi connectivity index (χ0v) is 17.9. The van der Waals surface area contributed by atoms with Gasteiger partial charge in [0.2, 0.25) is 0 Å². The fraction of sp³-hybridized carbons (Fsp3) is 0.571. The molecule has 1 aromatic rings. The molecule has 0 aromatic heterocycles. The van der Waals surface area contributed by atoms with E-state index in [9.17, 15) is 5.11 Å². The molecule has 3 heteroatoms. The summed E-state index contributed by atoms with van der Waals surface area (Å²) in [5, 5.41) is 10.5. The molecule has 0 aliphatic heterocycles. The van der Waals surface area contributed by atoms with E-state index >= 15 is 0 Å². The predicted molar refractivity (Wildman–Crippen MR) is 71.0 cm³/mol. The molecule has 1 N–H and O–H groups in total. The molecule has 0 bridgehead atoms. The molecular weight excluding hydrogens is 420 g/mol. The average Bonchev–Trinajstić information content (AvgIpc) is 2.14. The van der Waals surface area contributed by atoms with Gasteiger partial charge >= 0.3 is 121 Å². The Labute approximate surface area is 120 Å². The second-order valence-electron chi connectivity index (χ2n) is 6.67. The van der Waals surface area contributed by atoms with Crippen LogP contribution in [0.2, 0.25) is 0 Å². The van der Waals surface area contributed by atoms with Crippen molar-refractivity contribution in [3.63, 3.8) is 0 Å². The van der Waals surface area contributed by atoms with Crippen LogP contribution in [0.3, 0.4) is 0 Å². The number of hydrogen-bond acceptors (Lipinski definition) is 1. The van der Waals surface area contributed by atoms with Crippen LogP contribution in [0.25, 0.3) is 0 Å². The molecule has 0 radical (unpaired) electrons. The molecule has 0 atom stereocenters. The van der Waals surface area contributed by atoms with Crippen LogP contribution in [0, 0.1) is 0 Å². The molecule has 1 aromatic carbocycles. The van der Waals surface area contributed by atoms with Gasteiger partial charge in [-0.3, -0.25) is 0 Å². The Balaban J connectivity index is 3.53. The van der Waals surface area contributed by atoms with E-state index < -0.39 is 23.3 Å². The van der Waals surface area contributed by atoms with Crippen LogP contribution in [0.5, 0.6) is 5.75 Å². The maximum atomic E-state index is 10.5. The molecule has 0 fully saturated rings. The summed E-state index contributed by atoms with van der Waals surface area (Å²) in [7, 11) is 6.16. The molecule has 1 nitrogen and oxygen atoms in total. The number of aromatic hydroxyl groups is 1. The van der Waals surface area contributed by atoms with E-state index in [0.29, 0.717) is 5.75 Å². The number of hydrogen-bond donors (Lipinski definition) is 1. The van der Waals surface area contributed by atoms with Crippen molar-refractivity contribution in [2.24, 2.45) is 0 Å². The molecule has 0 spiro atoms. The average molecular weight is 441 g/mol. The van der Waals surface area contributed by atoms with E-state index in [0.717, 1.165) is 11.1 Å². The predicted octanol–water partition coefficient (Wildman–Crippen LogP) is 3.85. The summed E-state index contributed by atoms with van der Waals surface area (Å²) in [6.07, 6.45) is 0. The van der Waals surface area contributed by atoms with Gasteiger partial charge in [0, 0.05) is 0 Å². The van der Waals surface area contributed by atoms with Gasteiger partial charge in [-0.1, -0.05) is 0 Å². The minimum absolute atomic E-state index is 0.0417. The second kappa shape index (κ2) is 5.09. The number of benzene rings is 1. The first-order valence-electron chi connectivity index (χ1n) is 6.00. The molecule has 0 unspecified atom stereocenters. The molecule has 0 heterocycles. The zero-order chi connectivity index (χ0) is 13.4. The summed E-state index contributed by atoms with van der Waals surface area (Å²) in [5.41, 5.74) is 1.97. The molecule has 0 aliphatic rings. The van der Waals surface area contributed by atoms with Crippen molar-refractivity contribution in [3.05, 3.63) is 23.3 Å². The van der Waals surface area contributed by atoms with E-state index in [4.69, 9.17) is 8.25 Å². The van der Waals surface area contributed by atoms with Gasteiger partial charge in [-0.05, 0) is 0 Å². The van der Waals surface area contributed by atoms with Crippen molar-refractivity contribution in [2.45, 2.75) is 52.4 Å². The molecule has 0 saturated carbocycles. The van der Waals surface area contributed by atoms with Gasteiger partial charge in [-0.2, -0.15) is 0 Å². The topological polar surface area (TPSA) is 20.2 Å². The van der Waals surface area contributed by atoms with Gasteiger partial charge in [-0.25, -0.2) is 0 Å². The Morgan fingerprint density at radius 1 is 0.941 bits per heavy atom. The Morgan fingerprint density at radius 3 is 1.53 bits per heavy atom. The summed E-state index contributed by atoms with van der Waals surface area (Å²) >= 11 is -1.44. The number of phenols is 1. The maximum absolute atomic E-state index is 10.5. The zero-order valence-electron chi connectivity index (χ0n) is 11.7. The van der Waals surface area contributed by atoms with Crippen molar-refractivity contribution in [1.82, 2.24) is 0 Å². The van der Waals surface area contributed by atoms with E-state index in [1.807, 2.05) is 0 Å². The summed E-state index contributed by atoms with van der Waals surface area (Å²) in [5.74, 6) is 0.451. The van der Waals surface area contributed by atoms with Crippen molar-refractivity contribution in [1.29, 1.82) is 0 Å². The standard InChI is InChI=1S/C14H21O.ClH.Hg/c1-13(2,3)10-8-7-9-11(12(10)15)14(4,5)6;;/h8-9,15H,1-6H3;1H;/q;;+1/p-1. The quantitative estimate of drug-likeness (QED) is 0.657. The van der Waals surface area contributed by atoms with Crippen LogP contribution >= 0.6 is 8.25 Å². The number of phenolic OH excluding ortho intramolecular Hbond substituents is 1. The van der Waals surface area contributed by atoms with Crippen LogP contribution in [0.1, 0.15) is 52.7 Å². The molecule has 0 amide bonds. The third kappa shape index (κ3) is 3.60. The van der Waals surface area contributed by atoms with Crippen molar-refractivity contribution < 1.29 is 28.4 Å². The van der Waals surface area contributed by atoms with E-state index in [2.05, 4.69) is 53.7 Å². The SMILES string of the molecule is CC(C)(C)c1c[c]([Hg][Cl])cc(C(C)(C)C)c1O. The molecule has 17 heavy (non-hydrogen) atoms. The van der Waals surface area contributed by atoms with Gasteiger partial charge in [0.05, 0.1) is 0 Å². The Morgan fingerprint density at radius 2 is 1.29 bits per heavy atom. The van der Waals surface area contributed by atoms with Crippen LogP contribution in [0.4, 0.5) is 0 Å². The van der Waals surface area contributed by atoms with Gasteiger partial charge in [0.15, 0.2) is 0 Å². The van der Waals surface area contributed by atoms with Crippen LogP contribution in [0.15, 0.2) is 12.1 Å². The first-order chi connectivity index (χ1) is 7.57. The first-order valence-corrected chi connectivity index (χ1v) is 15.5. The van der Waals surface area contributed by atoms with Crippen molar-refractivity contribution >= 4 is 11.3 Å². The molecule has 0 saturated heterocycles. The van der Waals surface area contributed by atoms with Crippen LogP contribution in [-0.2, 0) is 34.2 Å². The number of halogens is 1. The molecule has 1 rings (SSSR count). The summed E-state index contributed by atoms with van der Waals surface area (Å²) < 4.78 is 1.29. The van der Waals surface area contributed by atoms with Gasteiger partial charge in [0.25, 0.3) is 0 Å². The van der Waals surface area contributed by atoms with Crippen molar-refractivity contribution in [2.75, 3.05) is 0 Å². The number of rotatable bonds is 1. The Hall–Kier alpha value is 0.245. The summed E-state index contributed by atoms with van der Waals surface area (Å²) in [4.78, 5) is 0. The normalized spacial score (nSPS) is 12.4. The Kier molecular flexibility index (Phi) is 4.58. The molecule has 92 valence electrons. The second-order valence-corrected chi connectivity index (χ2v) is 13.2. The van der Waals surface area contributed by atoms with Crippen LogP contribution < -0.4 is 3.07 Å². The Bertz CT molecular complexity index is 378. The van der Waals surface area contributed by atoms with Gasteiger partial charge < -0.3 is 0 Å². The van der Waals surface area contributed by atoms with Crippen LogP contribution in [-0.4, -0.2) is 5.11 Å². The van der Waals surface area contributed by atoms with E-state index in [1.54, 1.807) is 0 Å². The van der Waals surface area contributed by atoms with Gasteiger partial charge in [-0.15, -0.1) is 0 Å². The molecular formula is C14H21ClHgO. The van der Waals surface area contributed by atoms with E-state index in [1.165, 1.54) is 3.07 Å². The van der Waals surface area contributed by atoms with Gasteiger partial charge in [0.1, 0.15) is 0 Å². The third-order valence-electron chi connectivity index (χ3n) is 2.94. The summed E-state index contributed by atoms with van der Waals surface area (Å²) in [6, 6.07) is 4.22. The molecule has 0 aliphatic carbocycles. The minimum atomic E-state index is -1.44. The monoisotopic (exact) mass is 442 g/mol. The van der Waals surface area contributed by atoms with E-state index in [-0.39, 0.29) is 10.8 Å². The van der Waals surface area contributed by atoms with Crippen molar-refractivity contribution in [3.8, 4) is 5.75 Å². The third-order valence-corrected chi connectivity index (χ3v) is 8.43. The first kappa shape index (κ1) is 15.3. The fourth-order valence-electron chi connectivity index (χ4n) is 1.91.